The fraction of sp³-hybridized carbons (Fsp3) is 0.469. The first-order chi connectivity index (χ1) is 19.6. The second-order valence-electron chi connectivity index (χ2n) is 8.86. The number of rotatable bonds is 12. The number of hydrogen-bond acceptors (Lipinski definition) is 5. The number of allylic oxidation sites excluding steroid dienone is 7. The SMILES string of the molecule is CC.CCN=C1NC=C(CC2=CC=CCN=C2)CC=C1CC(OC)/C1=C(F)/C(OCCCOC)=C\CC=C=C1F. The molecule has 0 fully saturated rings. The molecule has 0 spiro atoms. The number of halogens is 2. The van der Waals surface area contributed by atoms with Crippen molar-refractivity contribution in [3.05, 3.63) is 88.1 Å². The quantitative estimate of drug-likeness (QED) is 0.205. The molecule has 8 heteroatoms. The van der Waals surface area contributed by atoms with Crippen molar-refractivity contribution in [1.29, 1.82) is 0 Å². The molecule has 2 heterocycles. The van der Waals surface area contributed by atoms with Gasteiger partial charge < -0.3 is 19.5 Å². The van der Waals surface area contributed by atoms with Crippen LogP contribution >= 0.6 is 0 Å². The van der Waals surface area contributed by atoms with Gasteiger partial charge in [0.15, 0.2) is 17.4 Å². The molecule has 3 aliphatic rings. The Morgan fingerprint density at radius 3 is 2.75 bits per heavy atom. The smallest absolute Gasteiger partial charge is 0.174 e. The Bertz CT molecular complexity index is 1150. The summed E-state index contributed by atoms with van der Waals surface area (Å²) < 4.78 is 47.3. The maximum atomic E-state index is 15.7. The molecule has 1 atom stereocenters. The van der Waals surface area contributed by atoms with Crippen molar-refractivity contribution in [2.24, 2.45) is 9.98 Å². The van der Waals surface area contributed by atoms with Crippen molar-refractivity contribution in [3.8, 4) is 0 Å². The molecule has 0 saturated heterocycles. The van der Waals surface area contributed by atoms with Crippen LogP contribution in [0.3, 0.4) is 0 Å². The summed E-state index contributed by atoms with van der Waals surface area (Å²) in [6, 6.07) is 0. The van der Waals surface area contributed by atoms with E-state index in [4.69, 9.17) is 14.2 Å². The Balaban J connectivity index is 0.00000274. The summed E-state index contributed by atoms with van der Waals surface area (Å²) in [5.74, 6) is -0.929. The lowest BCUT2D eigenvalue weighted by Crippen LogP contribution is -2.25. The van der Waals surface area contributed by atoms with Crippen LogP contribution in [0, 0.1) is 0 Å². The van der Waals surface area contributed by atoms with Crippen molar-refractivity contribution in [2.75, 3.05) is 40.5 Å². The average molecular weight is 556 g/mol. The molecule has 1 N–H and O–H groups in total. The molecule has 0 radical (unpaired) electrons. The number of hydrogen-bond donors (Lipinski definition) is 1. The van der Waals surface area contributed by atoms with Crippen LogP contribution in [-0.4, -0.2) is 58.7 Å². The van der Waals surface area contributed by atoms with Gasteiger partial charge in [0.1, 0.15) is 5.84 Å². The Morgan fingerprint density at radius 2 is 2.00 bits per heavy atom. The van der Waals surface area contributed by atoms with E-state index in [1.165, 1.54) is 13.2 Å². The minimum Gasteiger partial charge on any atom is -0.491 e. The standard InChI is InChI=1S/C30H37F2N3O3.C2H6/c1-4-34-30-24(14-13-23(21-35-30)18-22-10-7-8-15-33-20-22)19-27(37-3)28-25(31)11-5-6-12-26(29(28)32)38-17-9-16-36-2;1-2/h5,7-8,10,12,14,20-21,27H,4,6,9,13,15-19H2,1-3H3,(H,34,35);1-2H3/b26-12+,29-28-;. The van der Waals surface area contributed by atoms with Crippen LogP contribution in [0.2, 0.25) is 0 Å². The normalized spacial score (nSPS) is 22.1. The summed E-state index contributed by atoms with van der Waals surface area (Å²) in [4.78, 5) is 8.98. The highest BCUT2D eigenvalue weighted by Gasteiger charge is 2.28. The Kier molecular flexibility index (Phi) is 15.5. The van der Waals surface area contributed by atoms with E-state index in [0.717, 1.165) is 23.1 Å². The van der Waals surface area contributed by atoms with Gasteiger partial charge in [0.25, 0.3) is 0 Å². The molecule has 2 aliphatic heterocycles. The maximum Gasteiger partial charge on any atom is 0.174 e. The van der Waals surface area contributed by atoms with Crippen molar-refractivity contribution in [1.82, 2.24) is 5.32 Å². The van der Waals surface area contributed by atoms with Gasteiger partial charge in [0.2, 0.25) is 0 Å². The first-order valence-electron chi connectivity index (χ1n) is 14.0. The minimum absolute atomic E-state index is 0.00202. The Hall–Kier alpha value is -3.32. The van der Waals surface area contributed by atoms with E-state index in [-0.39, 0.29) is 24.4 Å². The largest absolute Gasteiger partial charge is 0.491 e. The monoisotopic (exact) mass is 555 g/mol. The lowest BCUT2D eigenvalue weighted by molar-refractivity contribution is 0.124. The first kappa shape index (κ1) is 32.9. The van der Waals surface area contributed by atoms with Crippen LogP contribution in [0.25, 0.3) is 0 Å². The highest BCUT2D eigenvalue weighted by atomic mass is 19.1. The predicted octanol–water partition coefficient (Wildman–Crippen LogP) is 7.17. The van der Waals surface area contributed by atoms with Crippen molar-refractivity contribution in [2.45, 2.75) is 59.0 Å². The molecule has 218 valence electrons. The zero-order valence-electron chi connectivity index (χ0n) is 24.4. The van der Waals surface area contributed by atoms with E-state index in [1.54, 1.807) is 13.2 Å². The summed E-state index contributed by atoms with van der Waals surface area (Å²) in [5, 5.41) is 3.31. The van der Waals surface area contributed by atoms with E-state index < -0.39 is 17.8 Å². The Morgan fingerprint density at radius 1 is 1.18 bits per heavy atom. The van der Waals surface area contributed by atoms with E-state index in [1.807, 2.05) is 51.4 Å². The summed E-state index contributed by atoms with van der Waals surface area (Å²) in [6.45, 7) is 7.91. The van der Waals surface area contributed by atoms with Gasteiger partial charge in [-0.1, -0.05) is 43.9 Å². The van der Waals surface area contributed by atoms with Gasteiger partial charge in [-0.05, 0) is 55.1 Å². The van der Waals surface area contributed by atoms with E-state index in [2.05, 4.69) is 27.1 Å². The molecule has 1 unspecified atom stereocenters. The first-order valence-corrected chi connectivity index (χ1v) is 14.0. The molecule has 0 aromatic heterocycles. The average Bonchev–Trinajstić information content (AvgIpc) is 3.33. The summed E-state index contributed by atoms with van der Waals surface area (Å²) in [7, 11) is 3.04. The number of nitrogens with one attached hydrogen (secondary N) is 1. The van der Waals surface area contributed by atoms with Crippen molar-refractivity contribution >= 4 is 12.1 Å². The van der Waals surface area contributed by atoms with Crippen LogP contribution in [0.4, 0.5) is 8.78 Å². The number of methoxy groups -OCH3 is 2. The topological polar surface area (TPSA) is 64.4 Å². The number of amidine groups is 1. The van der Waals surface area contributed by atoms with Crippen molar-refractivity contribution < 1.29 is 23.0 Å². The van der Waals surface area contributed by atoms with Gasteiger partial charge in [-0.3, -0.25) is 9.98 Å². The van der Waals surface area contributed by atoms with Crippen LogP contribution in [0.5, 0.6) is 0 Å². The van der Waals surface area contributed by atoms with E-state index in [0.29, 0.717) is 44.8 Å². The van der Waals surface area contributed by atoms with Gasteiger partial charge in [-0.25, -0.2) is 4.39 Å². The molecule has 0 amide bonds. The van der Waals surface area contributed by atoms with Crippen LogP contribution < -0.4 is 5.32 Å². The van der Waals surface area contributed by atoms with Gasteiger partial charge in [-0.15, -0.1) is 0 Å². The Labute approximate surface area is 238 Å². The molecule has 3 rings (SSSR count). The fourth-order valence-electron chi connectivity index (χ4n) is 4.18. The molecule has 0 bridgehead atoms. The third-order valence-electron chi connectivity index (χ3n) is 6.09. The third kappa shape index (κ3) is 10.3. The van der Waals surface area contributed by atoms with Crippen molar-refractivity contribution in [3.63, 3.8) is 0 Å². The maximum absolute atomic E-state index is 15.7. The summed E-state index contributed by atoms with van der Waals surface area (Å²) in [5.41, 5.74) is 5.40. The van der Waals surface area contributed by atoms with Gasteiger partial charge >= 0.3 is 0 Å². The van der Waals surface area contributed by atoms with E-state index >= 15 is 8.78 Å². The molecule has 0 saturated carbocycles. The summed E-state index contributed by atoms with van der Waals surface area (Å²) in [6.07, 6.45) is 16.7. The van der Waals surface area contributed by atoms with Crippen LogP contribution in [0.1, 0.15) is 52.9 Å². The highest BCUT2D eigenvalue weighted by Crippen LogP contribution is 2.33. The number of ether oxygens (including phenoxy) is 3. The van der Waals surface area contributed by atoms with Crippen LogP contribution in [0.15, 0.2) is 98.1 Å². The van der Waals surface area contributed by atoms with Crippen LogP contribution in [-0.2, 0) is 14.2 Å². The second kappa shape index (κ2) is 18.9. The van der Waals surface area contributed by atoms with Gasteiger partial charge in [0.05, 0.1) is 24.8 Å². The molecule has 1 aliphatic carbocycles. The van der Waals surface area contributed by atoms with Gasteiger partial charge in [0, 0.05) is 52.6 Å². The highest BCUT2D eigenvalue weighted by molar-refractivity contribution is 5.99. The second-order valence-corrected chi connectivity index (χ2v) is 8.86. The third-order valence-corrected chi connectivity index (χ3v) is 6.09. The lowest BCUT2D eigenvalue weighted by Gasteiger charge is -2.22. The fourth-order valence-corrected chi connectivity index (χ4v) is 4.18. The number of nitrogens with zero attached hydrogens (tertiary/aromatic N) is 2. The zero-order chi connectivity index (χ0) is 29.2. The summed E-state index contributed by atoms with van der Waals surface area (Å²) >= 11 is 0. The minimum atomic E-state index is -0.918. The lowest BCUT2D eigenvalue weighted by atomic mass is 9.96. The predicted molar refractivity (Wildman–Crippen MR) is 160 cm³/mol. The number of aliphatic imine (C=N–C) groups is 2. The molecule has 0 aromatic rings. The zero-order valence-corrected chi connectivity index (χ0v) is 24.4. The molecular weight excluding hydrogens is 512 g/mol. The molecule has 40 heavy (non-hydrogen) atoms. The van der Waals surface area contributed by atoms with Gasteiger partial charge in [-0.2, -0.15) is 4.39 Å². The molecular formula is C32H43F2N3O3. The molecule has 0 aromatic carbocycles. The molecule has 6 nitrogen and oxygen atoms in total. The van der Waals surface area contributed by atoms with E-state index in [9.17, 15) is 0 Å².